The topological polar surface area (TPSA) is 24.9 Å². The van der Waals surface area contributed by atoms with Crippen LogP contribution in [-0.2, 0) is 6.18 Å². The molecule has 2 aromatic rings. The SMILES string of the molecule is CC(Nc1ncc(Br)cc1C(F)(F)F)c1ccc(Cl)s1. The summed E-state index contributed by atoms with van der Waals surface area (Å²) in [5, 5.41) is 2.77. The third-order valence-corrected chi connectivity index (χ3v) is 4.38. The maximum absolute atomic E-state index is 13.0. The molecule has 0 bridgehead atoms. The van der Waals surface area contributed by atoms with E-state index in [1.165, 1.54) is 17.5 Å². The van der Waals surface area contributed by atoms with Crippen molar-refractivity contribution in [3.8, 4) is 0 Å². The minimum Gasteiger partial charge on any atom is -0.362 e. The van der Waals surface area contributed by atoms with Gasteiger partial charge < -0.3 is 5.32 Å². The van der Waals surface area contributed by atoms with Crippen LogP contribution in [0.2, 0.25) is 4.34 Å². The summed E-state index contributed by atoms with van der Waals surface area (Å²) in [5.41, 5.74) is -0.804. The van der Waals surface area contributed by atoms with Crippen molar-refractivity contribution in [3.05, 3.63) is 43.6 Å². The summed E-state index contributed by atoms with van der Waals surface area (Å²) in [6.45, 7) is 1.76. The Morgan fingerprint density at radius 1 is 1.40 bits per heavy atom. The fraction of sp³-hybridized carbons (Fsp3) is 0.250. The predicted octanol–water partition coefficient (Wildman–Crippen LogP) is 5.75. The molecule has 0 aromatic carbocycles. The molecule has 8 heteroatoms. The first kappa shape index (κ1) is 15.6. The van der Waals surface area contributed by atoms with Crippen LogP contribution >= 0.6 is 38.9 Å². The number of halogens is 5. The van der Waals surface area contributed by atoms with Crippen molar-refractivity contribution < 1.29 is 13.2 Å². The summed E-state index contributed by atoms with van der Waals surface area (Å²) in [7, 11) is 0. The maximum Gasteiger partial charge on any atom is 0.419 e. The van der Waals surface area contributed by atoms with E-state index in [0.29, 0.717) is 4.34 Å². The van der Waals surface area contributed by atoms with Crippen molar-refractivity contribution in [1.82, 2.24) is 4.98 Å². The Bertz CT molecular complexity index is 615. The van der Waals surface area contributed by atoms with Gasteiger partial charge in [0.05, 0.1) is 15.9 Å². The molecule has 0 amide bonds. The lowest BCUT2D eigenvalue weighted by Gasteiger charge is -2.17. The van der Waals surface area contributed by atoms with E-state index < -0.39 is 11.7 Å². The van der Waals surface area contributed by atoms with Crippen LogP contribution in [0.1, 0.15) is 23.4 Å². The largest absolute Gasteiger partial charge is 0.419 e. The molecule has 0 aliphatic rings. The van der Waals surface area contributed by atoms with Crippen LogP contribution in [0.5, 0.6) is 0 Å². The van der Waals surface area contributed by atoms with E-state index in [0.717, 1.165) is 10.9 Å². The molecule has 0 fully saturated rings. The zero-order valence-corrected chi connectivity index (χ0v) is 13.3. The van der Waals surface area contributed by atoms with Crippen molar-refractivity contribution in [2.24, 2.45) is 0 Å². The molecule has 1 atom stereocenters. The van der Waals surface area contributed by atoms with Gasteiger partial charge in [0.1, 0.15) is 5.82 Å². The van der Waals surface area contributed by atoms with Crippen molar-refractivity contribution >= 4 is 44.7 Å². The highest BCUT2D eigenvalue weighted by molar-refractivity contribution is 9.10. The van der Waals surface area contributed by atoms with Crippen LogP contribution in [-0.4, -0.2) is 4.98 Å². The van der Waals surface area contributed by atoms with Gasteiger partial charge >= 0.3 is 6.18 Å². The Labute approximate surface area is 131 Å². The summed E-state index contributed by atoms with van der Waals surface area (Å²) in [5.74, 6) is -0.197. The minimum atomic E-state index is -4.47. The van der Waals surface area contributed by atoms with Crippen molar-refractivity contribution in [3.63, 3.8) is 0 Å². The zero-order chi connectivity index (χ0) is 14.9. The van der Waals surface area contributed by atoms with Crippen LogP contribution in [0.25, 0.3) is 0 Å². The second-order valence-corrected chi connectivity index (χ2v) is 6.72. The number of anilines is 1. The molecule has 2 rings (SSSR count). The first-order chi connectivity index (χ1) is 9.27. The van der Waals surface area contributed by atoms with E-state index >= 15 is 0 Å². The number of nitrogens with zero attached hydrogens (tertiary/aromatic N) is 1. The lowest BCUT2D eigenvalue weighted by molar-refractivity contribution is -0.137. The molecule has 0 spiro atoms. The smallest absolute Gasteiger partial charge is 0.362 e. The van der Waals surface area contributed by atoms with Gasteiger partial charge in [-0.25, -0.2) is 4.98 Å². The summed E-state index contributed by atoms with van der Waals surface area (Å²) in [6, 6.07) is 4.17. The summed E-state index contributed by atoms with van der Waals surface area (Å²) < 4.78 is 39.8. The van der Waals surface area contributed by atoms with Gasteiger partial charge in [0.2, 0.25) is 0 Å². The number of hydrogen-bond acceptors (Lipinski definition) is 3. The van der Waals surface area contributed by atoms with Gasteiger partial charge in [-0.05, 0) is 41.1 Å². The van der Waals surface area contributed by atoms with Gasteiger partial charge in [-0.2, -0.15) is 13.2 Å². The van der Waals surface area contributed by atoms with E-state index in [1.54, 1.807) is 19.1 Å². The third-order valence-electron chi connectivity index (χ3n) is 2.53. The molecule has 0 aliphatic heterocycles. The van der Waals surface area contributed by atoms with Gasteiger partial charge in [0, 0.05) is 15.5 Å². The molecule has 0 saturated heterocycles. The number of nitrogens with one attached hydrogen (secondary N) is 1. The Morgan fingerprint density at radius 3 is 2.65 bits per heavy atom. The molecular weight excluding hydrogens is 377 g/mol. The standard InChI is InChI=1S/C12H9BrClF3N2S/c1-6(9-2-3-10(14)20-9)19-11-8(12(15,16)17)4-7(13)5-18-11/h2-6H,1H3,(H,18,19). The van der Waals surface area contributed by atoms with E-state index in [-0.39, 0.29) is 16.3 Å². The number of pyridine rings is 1. The Kier molecular flexibility index (Phi) is 4.61. The predicted molar refractivity (Wildman–Crippen MR) is 78.3 cm³/mol. The molecular formula is C12H9BrClF3N2S. The van der Waals surface area contributed by atoms with Gasteiger partial charge in [-0.3, -0.25) is 0 Å². The molecule has 20 heavy (non-hydrogen) atoms. The van der Waals surface area contributed by atoms with Crippen molar-refractivity contribution in [2.75, 3.05) is 5.32 Å². The average molecular weight is 386 g/mol. The second-order valence-electron chi connectivity index (χ2n) is 4.06. The number of hydrogen-bond donors (Lipinski definition) is 1. The molecule has 2 heterocycles. The van der Waals surface area contributed by atoms with Crippen LogP contribution in [0.4, 0.5) is 19.0 Å². The van der Waals surface area contributed by atoms with Gasteiger partial charge in [0.25, 0.3) is 0 Å². The molecule has 0 saturated carbocycles. The minimum absolute atomic E-state index is 0.197. The molecule has 2 nitrogen and oxygen atoms in total. The van der Waals surface area contributed by atoms with Crippen LogP contribution in [0.15, 0.2) is 28.9 Å². The van der Waals surface area contributed by atoms with Gasteiger partial charge in [0.15, 0.2) is 0 Å². The molecule has 0 aliphatic carbocycles. The molecule has 1 unspecified atom stereocenters. The Morgan fingerprint density at radius 2 is 2.10 bits per heavy atom. The van der Waals surface area contributed by atoms with Crippen molar-refractivity contribution in [1.29, 1.82) is 0 Å². The first-order valence-electron chi connectivity index (χ1n) is 5.52. The Hall–Kier alpha value is -0.790. The lowest BCUT2D eigenvalue weighted by Crippen LogP contribution is -2.14. The molecule has 2 aromatic heterocycles. The van der Waals surface area contributed by atoms with Crippen LogP contribution in [0.3, 0.4) is 0 Å². The van der Waals surface area contributed by atoms with E-state index in [2.05, 4.69) is 26.2 Å². The van der Waals surface area contributed by atoms with E-state index in [1.807, 2.05) is 0 Å². The van der Waals surface area contributed by atoms with Crippen LogP contribution in [0, 0.1) is 0 Å². The van der Waals surface area contributed by atoms with E-state index in [9.17, 15) is 13.2 Å². The summed E-state index contributed by atoms with van der Waals surface area (Å²) >= 11 is 10.1. The normalized spacial score (nSPS) is 13.3. The summed E-state index contributed by atoms with van der Waals surface area (Å²) in [4.78, 5) is 4.65. The number of alkyl halides is 3. The van der Waals surface area contributed by atoms with Gasteiger partial charge in [-0.1, -0.05) is 11.6 Å². The average Bonchev–Trinajstić information content (AvgIpc) is 2.77. The highest BCUT2D eigenvalue weighted by Gasteiger charge is 2.35. The third kappa shape index (κ3) is 3.65. The molecule has 108 valence electrons. The summed E-state index contributed by atoms with van der Waals surface area (Å²) in [6.07, 6.45) is -3.14. The highest BCUT2D eigenvalue weighted by Crippen LogP contribution is 2.37. The Balaban J connectivity index is 2.29. The first-order valence-corrected chi connectivity index (χ1v) is 7.50. The van der Waals surface area contributed by atoms with Crippen LogP contribution < -0.4 is 5.32 Å². The number of rotatable bonds is 3. The number of thiophene rings is 1. The fourth-order valence-corrected chi connectivity index (χ4v) is 3.00. The highest BCUT2D eigenvalue weighted by atomic mass is 79.9. The quantitative estimate of drug-likeness (QED) is 0.727. The second kappa shape index (κ2) is 5.91. The molecule has 0 radical (unpaired) electrons. The number of aromatic nitrogens is 1. The lowest BCUT2D eigenvalue weighted by atomic mass is 10.2. The van der Waals surface area contributed by atoms with Crippen molar-refractivity contribution in [2.45, 2.75) is 19.1 Å². The molecule has 1 N–H and O–H groups in total. The van der Waals surface area contributed by atoms with E-state index in [4.69, 9.17) is 11.6 Å². The zero-order valence-electron chi connectivity index (χ0n) is 10.1. The fourth-order valence-electron chi connectivity index (χ4n) is 1.61. The maximum atomic E-state index is 13.0. The van der Waals surface area contributed by atoms with Gasteiger partial charge in [-0.15, -0.1) is 11.3 Å². The monoisotopic (exact) mass is 384 g/mol.